The summed E-state index contributed by atoms with van der Waals surface area (Å²) in [6.45, 7) is 4.41. The summed E-state index contributed by atoms with van der Waals surface area (Å²) in [6, 6.07) is 0. The number of carbonyl (C=O) groups excluding carboxylic acids is 1. The molecule has 86 valence electrons. The van der Waals surface area contributed by atoms with Crippen LogP contribution in [-0.4, -0.2) is 42.1 Å². The molecule has 0 unspecified atom stereocenters. The van der Waals surface area contributed by atoms with E-state index in [1.54, 1.807) is 0 Å². The molecule has 0 aromatic heterocycles. The van der Waals surface area contributed by atoms with Crippen LogP contribution in [0.15, 0.2) is 0 Å². The van der Waals surface area contributed by atoms with Gasteiger partial charge >= 0.3 is 0 Å². The second-order valence-corrected chi connectivity index (χ2v) is 4.64. The first-order valence-corrected chi connectivity index (χ1v) is 6.06. The quantitative estimate of drug-likeness (QED) is 0.727. The van der Waals surface area contributed by atoms with Crippen molar-refractivity contribution in [1.29, 1.82) is 0 Å². The largest absolute Gasteiger partial charge is 0.369 e. The van der Waals surface area contributed by atoms with E-state index >= 15 is 0 Å². The van der Waals surface area contributed by atoms with Gasteiger partial charge in [-0.1, -0.05) is 6.42 Å². The highest BCUT2D eigenvalue weighted by Gasteiger charge is 2.26. The van der Waals surface area contributed by atoms with Crippen molar-refractivity contribution in [2.24, 2.45) is 11.7 Å². The third-order valence-corrected chi connectivity index (χ3v) is 3.61. The molecule has 0 atom stereocenters. The molecule has 0 radical (unpaired) electrons. The van der Waals surface area contributed by atoms with Crippen LogP contribution >= 0.6 is 0 Å². The molecule has 2 aliphatic heterocycles. The van der Waals surface area contributed by atoms with Gasteiger partial charge in [0, 0.05) is 32.1 Å². The second-order valence-electron chi connectivity index (χ2n) is 4.64. The van der Waals surface area contributed by atoms with E-state index in [-0.39, 0.29) is 11.8 Å². The van der Waals surface area contributed by atoms with Crippen molar-refractivity contribution in [2.45, 2.75) is 32.1 Å². The van der Waals surface area contributed by atoms with Crippen LogP contribution < -0.4 is 5.73 Å². The first-order chi connectivity index (χ1) is 7.27. The van der Waals surface area contributed by atoms with E-state index in [9.17, 15) is 4.79 Å². The highest BCUT2D eigenvalue weighted by atomic mass is 16.1. The number of hydrogen-bond acceptors (Lipinski definition) is 3. The van der Waals surface area contributed by atoms with Crippen molar-refractivity contribution in [1.82, 2.24) is 10.0 Å². The Morgan fingerprint density at radius 3 is 2.00 bits per heavy atom. The van der Waals surface area contributed by atoms with E-state index in [4.69, 9.17) is 5.73 Å². The van der Waals surface area contributed by atoms with Gasteiger partial charge in [-0.3, -0.25) is 4.79 Å². The van der Waals surface area contributed by atoms with Crippen LogP contribution in [0.5, 0.6) is 0 Å². The molecule has 2 heterocycles. The van der Waals surface area contributed by atoms with Crippen LogP contribution in [0.3, 0.4) is 0 Å². The van der Waals surface area contributed by atoms with Crippen LogP contribution in [0, 0.1) is 5.92 Å². The Morgan fingerprint density at radius 2 is 1.47 bits per heavy atom. The summed E-state index contributed by atoms with van der Waals surface area (Å²) in [5, 5.41) is 4.87. The number of carbonyl (C=O) groups is 1. The molecule has 4 nitrogen and oxygen atoms in total. The monoisotopic (exact) mass is 211 g/mol. The van der Waals surface area contributed by atoms with Gasteiger partial charge < -0.3 is 5.73 Å². The summed E-state index contributed by atoms with van der Waals surface area (Å²) in [7, 11) is 0. The molecule has 4 heteroatoms. The summed E-state index contributed by atoms with van der Waals surface area (Å²) in [6.07, 6.45) is 5.87. The van der Waals surface area contributed by atoms with Gasteiger partial charge in [-0.2, -0.15) is 0 Å². The predicted molar refractivity (Wildman–Crippen MR) is 58.9 cm³/mol. The average molecular weight is 211 g/mol. The molecular formula is C11H21N3O. The van der Waals surface area contributed by atoms with Gasteiger partial charge in [0.2, 0.25) is 5.91 Å². The molecule has 0 bridgehead atoms. The summed E-state index contributed by atoms with van der Waals surface area (Å²) >= 11 is 0. The highest BCUT2D eigenvalue weighted by molar-refractivity contribution is 5.76. The zero-order valence-corrected chi connectivity index (χ0v) is 9.32. The fraction of sp³-hybridized carbons (Fsp3) is 0.909. The smallest absolute Gasteiger partial charge is 0.220 e. The summed E-state index contributed by atoms with van der Waals surface area (Å²) in [4.78, 5) is 11.0. The summed E-state index contributed by atoms with van der Waals surface area (Å²) in [5.74, 6) is -0.000616. The van der Waals surface area contributed by atoms with E-state index in [1.165, 1.54) is 32.4 Å². The third kappa shape index (κ3) is 2.69. The minimum atomic E-state index is -0.117. The Balaban J connectivity index is 1.79. The number of primary amides is 1. The lowest BCUT2D eigenvalue weighted by molar-refractivity contribution is -0.126. The molecular weight excluding hydrogens is 190 g/mol. The van der Waals surface area contributed by atoms with Crippen LogP contribution in [-0.2, 0) is 4.79 Å². The molecule has 0 aliphatic carbocycles. The first-order valence-electron chi connectivity index (χ1n) is 6.06. The SMILES string of the molecule is NC(=O)C1CCN(N2CCCCC2)CC1. The highest BCUT2D eigenvalue weighted by Crippen LogP contribution is 2.20. The molecule has 2 aliphatic rings. The van der Waals surface area contributed by atoms with Crippen LogP contribution in [0.2, 0.25) is 0 Å². The topological polar surface area (TPSA) is 49.6 Å². The van der Waals surface area contributed by atoms with Crippen molar-refractivity contribution >= 4 is 5.91 Å². The van der Waals surface area contributed by atoms with Crippen LogP contribution in [0.25, 0.3) is 0 Å². The second kappa shape index (κ2) is 4.94. The minimum absolute atomic E-state index is 0.117. The third-order valence-electron chi connectivity index (χ3n) is 3.61. The maximum Gasteiger partial charge on any atom is 0.220 e. The van der Waals surface area contributed by atoms with Crippen molar-refractivity contribution in [3.8, 4) is 0 Å². The van der Waals surface area contributed by atoms with E-state index < -0.39 is 0 Å². The Labute approximate surface area is 91.4 Å². The summed E-state index contributed by atoms with van der Waals surface area (Å²) < 4.78 is 0. The number of piperidine rings is 2. The average Bonchev–Trinajstić information content (AvgIpc) is 2.30. The number of rotatable bonds is 2. The lowest BCUT2D eigenvalue weighted by atomic mass is 9.97. The predicted octanol–water partition coefficient (Wildman–Crippen LogP) is 0.585. The zero-order valence-electron chi connectivity index (χ0n) is 9.32. The Morgan fingerprint density at radius 1 is 0.933 bits per heavy atom. The van der Waals surface area contributed by atoms with Gasteiger partial charge in [-0.05, 0) is 25.7 Å². The molecule has 2 fully saturated rings. The van der Waals surface area contributed by atoms with Gasteiger partial charge in [0.15, 0.2) is 0 Å². The molecule has 0 saturated carbocycles. The molecule has 0 aromatic rings. The molecule has 2 N–H and O–H groups in total. The molecule has 15 heavy (non-hydrogen) atoms. The van der Waals surface area contributed by atoms with Gasteiger partial charge in [0.1, 0.15) is 0 Å². The van der Waals surface area contributed by atoms with Crippen molar-refractivity contribution in [3.05, 3.63) is 0 Å². The molecule has 0 spiro atoms. The van der Waals surface area contributed by atoms with Crippen LogP contribution in [0.4, 0.5) is 0 Å². The Bertz CT molecular complexity index is 218. The molecule has 2 saturated heterocycles. The number of nitrogens with zero attached hydrogens (tertiary/aromatic N) is 2. The first kappa shape index (κ1) is 10.9. The number of hydrazine groups is 1. The molecule has 2 rings (SSSR count). The van der Waals surface area contributed by atoms with E-state index in [0.29, 0.717) is 0 Å². The Kier molecular flexibility index (Phi) is 3.59. The van der Waals surface area contributed by atoms with E-state index in [0.717, 1.165) is 25.9 Å². The lowest BCUT2D eigenvalue weighted by Gasteiger charge is -2.41. The fourth-order valence-electron chi connectivity index (χ4n) is 2.59. The standard InChI is InChI=1S/C11H21N3O/c12-11(15)10-4-8-14(9-5-10)13-6-2-1-3-7-13/h10H,1-9H2,(H2,12,15). The maximum atomic E-state index is 11.0. The van der Waals surface area contributed by atoms with Gasteiger partial charge in [-0.15, -0.1) is 0 Å². The van der Waals surface area contributed by atoms with E-state index in [2.05, 4.69) is 10.0 Å². The van der Waals surface area contributed by atoms with E-state index in [1.807, 2.05) is 0 Å². The number of nitrogens with two attached hydrogens (primary N) is 1. The lowest BCUT2D eigenvalue weighted by Crippen LogP contribution is -2.50. The fourth-order valence-corrected chi connectivity index (χ4v) is 2.59. The van der Waals surface area contributed by atoms with Gasteiger partial charge in [-0.25, -0.2) is 10.0 Å². The number of hydrogen-bond donors (Lipinski definition) is 1. The van der Waals surface area contributed by atoms with Gasteiger partial charge in [0.25, 0.3) is 0 Å². The van der Waals surface area contributed by atoms with Crippen molar-refractivity contribution in [3.63, 3.8) is 0 Å². The molecule has 0 aromatic carbocycles. The van der Waals surface area contributed by atoms with Gasteiger partial charge in [0.05, 0.1) is 0 Å². The van der Waals surface area contributed by atoms with Crippen molar-refractivity contribution < 1.29 is 4.79 Å². The normalized spacial score (nSPS) is 26.7. The number of amides is 1. The van der Waals surface area contributed by atoms with Crippen molar-refractivity contribution in [2.75, 3.05) is 26.2 Å². The zero-order chi connectivity index (χ0) is 10.7. The minimum Gasteiger partial charge on any atom is -0.369 e. The molecule has 1 amide bonds. The summed E-state index contributed by atoms with van der Waals surface area (Å²) in [5.41, 5.74) is 5.32. The van der Waals surface area contributed by atoms with Crippen LogP contribution in [0.1, 0.15) is 32.1 Å². The maximum absolute atomic E-state index is 11.0. The Hall–Kier alpha value is -0.610.